The van der Waals surface area contributed by atoms with E-state index in [0.717, 1.165) is 18.7 Å². The Morgan fingerprint density at radius 3 is 3.00 bits per heavy atom. The molecule has 6 nitrogen and oxygen atoms in total. The molecule has 2 aromatic rings. The van der Waals surface area contributed by atoms with E-state index >= 15 is 0 Å². The van der Waals surface area contributed by atoms with Crippen LogP contribution in [0.25, 0.3) is 5.65 Å². The number of fused-ring (bicyclic) bond motifs is 1. The maximum Gasteiger partial charge on any atom is 0.258 e. The number of carbonyl (C=O) groups excluding carboxylic acids is 1. The van der Waals surface area contributed by atoms with Gasteiger partial charge in [-0.1, -0.05) is 6.42 Å². The van der Waals surface area contributed by atoms with Gasteiger partial charge in [0, 0.05) is 26.3 Å². The number of carbonyl (C=O) groups is 1. The van der Waals surface area contributed by atoms with Gasteiger partial charge in [0.2, 0.25) is 0 Å². The predicted molar refractivity (Wildman–Crippen MR) is 75.6 cm³/mol. The van der Waals surface area contributed by atoms with Gasteiger partial charge in [0.05, 0.1) is 11.9 Å². The van der Waals surface area contributed by atoms with Gasteiger partial charge in [-0.25, -0.2) is 9.50 Å². The minimum atomic E-state index is -0.0683. The van der Waals surface area contributed by atoms with Crippen LogP contribution in [0.15, 0.2) is 18.5 Å². The molecule has 1 aliphatic heterocycles. The van der Waals surface area contributed by atoms with Crippen molar-refractivity contribution in [1.82, 2.24) is 24.8 Å². The zero-order valence-corrected chi connectivity index (χ0v) is 11.8. The Morgan fingerprint density at radius 1 is 1.45 bits per heavy atom. The van der Waals surface area contributed by atoms with E-state index in [1.165, 1.54) is 12.8 Å². The molecule has 106 valence electrons. The number of nitrogens with one attached hydrogen (secondary N) is 1. The van der Waals surface area contributed by atoms with E-state index in [1.54, 1.807) is 35.9 Å². The molecule has 0 bridgehead atoms. The zero-order valence-electron chi connectivity index (χ0n) is 11.8. The second kappa shape index (κ2) is 5.20. The Bertz CT molecular complexity index is 628. The van der Waals surface area contributed by atoms with Crippen LogP contribution in [0.1, 0.15) is 41.4 Å². The third kappa shape index (κ3) is 2.16. The average molecular weight is 273 g/mol. The van der Waals surface area contributed by atoms with Crippen LogP contribution in [0.3, 0.4) is 0 Å². The summed E-state index contributed by atoms with van der Waals surface area (Å²) in [5.74, 6) is -0.0683. The molecule has 3 rings (SSSR count). The molecular formula is C14H19N5O. The van der Waals surface area contributed by atoms with Crippen LogP contribution in [0.2, 0.25) is 0 Å². The minimum absolute atomic E-state index is 0.0683. The highest BCUT2D eigenvalue weighted by atomic mass is 16.2. The summed E-state index contributed by atoms with van der Waals surface area (Å²) in [4.78, 5) is 18.0. The van der Waals surface area contributed by atoms with Crippen molar-refractivity contribution in [3.8, 4) is 0 Å². The summed E-state index contributed by atoms with van der Waals surface area (Å²) < 4.78 is 1.79. The van der Waals surface area contributed by atoms with E-state index in [4.69, 9.17) is 0 Å². The van der Waals surface area contributed by atoms with Gasteiger partial charge in [-0.05, 0) is 25.5 Å². The maximum absolute atomic E-state index is 12.1. The molecule has 1 atom stereocenters. The zero-order chi connectivity index (χ0) is 14.1. The average Bonchev–Trinajstić information content (AvgIpc) is 2.91. The number of rotatable bonds is 2. The van der Waals surface area contributed by atoms with Crippen LogP contribution in [0.4, 0.5) is 0 Å². The molecule has 1 fully saturated rings. The van der Waals surface area contributed by atoms with Crippen molar-refractivity contribution >= 4 is 11.6 Å². The third-order valence-electron chi connectivity index (χ3n) is 3.73. The fraction of sp³-hybridized carbons (Fsp3) is 0.500. The van der Waals surface area contributed by atoms with E-state index in [1.807, 2.05) is 6.07 Å². The minimum Gasteiger partial charge on any atom is -0.345 e. The fourth-order valence-electron chi connectivity index (χ4n) is 2.67. The van der Waals surface area contributed by atoms with Crippen molar-refractivity contribution in [2.24, 2.45) is 0 Å². The number of hydrogen-bond acceptors (Lipinski definition) is 4. The molecule has 1 amide bonds. The summed E-state index contributed by atoms with van der Waals surface area (Å²) >= 11 is 0. The third-order valence-corrected chi connectivity index (χ3v) is 3.73. The van der Waals surface area contributed by atoms with Crippen molar-refractivity contribution in [3.63, 3.8) is 0 Å². The molecule has 20 heavy (non-hydrogen) atoms. The van der Waals surface area contributed by atoms with Gasteiger partial charge < -0.3 is 10.2 Å². The molecular weight excluding hydrogens is 254 g/mol. The first-order valence-electron chi connectivity index (χ1n) is 6.96. The molecule has 2 aromatic heterocycles. The molecule has 0 aromatic carbocycles. The van der Waals surface area contributed by atoms with Crippen LogP contribution < -0.4 is 5.32 Å². The van der Waals surface area contributed by atoms with Gasteiger partial charge in [-0.2, -0.15) is 5.10 Å². The molecule has 0 radical (unpaired) electrons. The second-order valence-electron chi connectivity index (χ2n) is 5.37. The first-order valence-corrected chi connectivity index (χ1v) is 6.96. The van der Waals surface area contributed by atoms with Crippen molar-refractivity contribution < 1.29 is 4.79 Å². The molecule has 1 unspecified atom stereocenters. The standard InChI is InChI=1S/C14H19N5O/c1-18(2)14(20)10-9-17-19-12(6-8-16-13(10)19)11-5-3-4-7-15-11/h6,8-9,11,15H,3-5,7H2,1-2H3. The number of hydrogen-bond donors (Lipinski definition) is 1. The van der Waals surface area contributed by atoms with Gasteiger partial charge in [0.15, 0.2) is 5.65 Å². The molecule has 1 N–H and O–H groups in total. The van der Waals surface area contributed by atoms with Crippen LogP contribution in [0, 0.1) is 0 Å². The van der Waals surface area contributed by atoms with Gasteiger partial charge in [-0.3, -0.25) is 4.79 Å². The lowest BCUT2D eigenvalue weighted by Gasteiger charge is -2.23. The van der Waals surface area contributed by atoms with E-state index in [2.05, 4.69) is 15.4 Å². The van der Waals surface area contributed by atoms with E-state index in [-0.39, 0.29) is 11.9 Å². The lowest BCUT2D eigenvalue weighted by atomic mass is 10.0. The lowest BCUT2D eigenvalue weighted by Crippen LogP contribution is -2.28. The van der Waals surface area contributed by atoms with Gasteiger partial charge >= 0.3 is 0 Å². The first-order chi connectivity index (χ1) is 9.68. The Labute approximate surface area is 117 Å². The van der Waals surface area contributed by atoms with Gasteiger partial charge in [-0.15, -0.1) is 0 Å². The number of piperidine rings is 1. The second-order valence-corrected chi connectivity index (χ2v) is 5.37. The van der Waals surface area contributed by atoms with Crippen molar-refractivity contribution in [1.29, 1.82) is 0 Å². The molecule has 1 aliphatic rings. The number of nitrogens with zero attached hydrogens (tertiary/aromatic N) is 4. The van der Waals surface area contributed by atoms with Crippen molar-refractivity contribution in [3.05, 3.63) is 29.7 Å². The Balaban J connectivity index is 2.05. The quantitative estimate of drug-likeness (QED) is 0.894. The predicted octanol–water partition coefficient (Wildman–Crippen LogP) is 1.25. The van der Waals surface area contributed by atoms with Crippen molar-refractivity contribution in [2.75, 3.05) is 20.6 Å². The van der Waals surface area contributed by atoms with Gasteiger partial charge in [0.1, 0.15) is 5.56 Å². The number of amides is 1. The summed E-state index contributed by atoms with van der Waals surface area (Å²) in [6.07, 6.45) is 6.89. The smallest absolute Gasteiger partial charge is 0.258 e. The summed E-state index contributed by atoms with van der Waals surface area (Å²) in [7, 11) is 3.47. The van der Waals surface area contributed by atoms with Crippen LogP contribution >= 0.6 is 0 Å². The Kier molecular flexibility index (Phi) is 3.40. The van der Waals surface area contributed by atoms with Gasteiger partial charge in [0.25, 0.3) is 5.91 Å². The maximum atomic E-state index is 12.1. The molecule has 0 aliphatic carbocycles. The van der Waals surface area contributed by atoms with E-state index in [9.17, 15) is 4.79 Å². The Morgan fingerprint density at radius 2 is 2.30 bits per heavy atom. The molecule has 3 heterocycles. The van der Waals surface area contributed by atoms with Crippen molar-refractivity contribution in [2.45, 2.75) is 25.3 Å². The van der Waals surface area contributed by atoms with Crippen LogP contribution in [0.5, 0.6) is 0 Å². The first kappa shape index (κ1) is 13.1. The largest absolute Gasteiger partial charge is 0.345 e. The van der Waals surface area contributed by atoms with E-state index in [0.29, 0.717) is 11.2 Å². The van der Waals surface area contributed by atoms with E-state index < -0.39 is 0 Å². The highest BCUT2D eigenvalue weighted by Crippen LogP contribution is 2.23. The molecule has 0 saturated carbocycles. The fourth-order valence-corrected chi connectivity index (χ4v) is 2.67. The lowest BCUT2D eigenvalue weighted by molar-refractivity contribution is 0.0829. The summed E-state index contributed by atoms with van der Waals surface area (Å²) in [5.41, 5.74) is 2.26. The molecule has 6 heteroatoms. The van der Waals surface area contributed by atoms with Crippen LogP contribution in [-0.4, -0.2) is 46.0 Å². The summed E-state index contributed by atoms with van der Waals surface area (Å²) in [6, 6.07) is 2.27. The highest BCUT2D eigenvalue weighted by molar-refractivity contribution is 5.99. The summed E-state index contributed by atoms with van der Waals surface area (Å²) in [6.45, 7) is 1.03. The topological polar surface area (TPSA) is 62.5 Å². The monoisotopic (exact) mass is 273 g/mol. The summed E-state index contributed by atoms with van der Waals surface area (Å²) in [5, 5.41) is 7.87. The molecule has 1 saturated heterocycles. The normalized spacial score (nSPS) is 19.2. The highest BCUT2D eigenvalue weighted by Gasteiger charge is 2.21. The molecule has 0 spiro atoms. The number of aromatic nitrogens is 3. The SMILES string of the molecule is CN(C)C(=O)c1cnn2c(C3CCCCN3)ccnc12. The Hall–Kier alpha value is -1.95. The van der Waals surface area contributed by atoms with Crippen LogP contribution in [-0.2, 0) is 0 Å².